The lowest BCUT2D eigenvalue weighted by Gasteiger charge is -2.32. The lowest BCUT2D eigenvalue weighted by atomic mass is 9.81. The van der Waals surface area contributed by atoms with Crippen molar-refractivity contribution in [2.24, 2.45) is 5.92 Å². The van der Waals surface area contributed by atoms with Crippen molar-refractivity contribution in [3.63, 3.8) is 0 Å². The smallest absolute Gasteiger partial charge is 0.306 e. The van der Waals surface area contributed by atoms with Crippen LogP contribution in [0.5, 0.6) is 0 Å². The number of hydrogen-bond donors (Lipinski definition) is 2. The average molecular weight is 489 g/mol. The van der Waals surface area contributed by atoms with E-state index in [1.54, 1.807) is 0 Å². The van der Waals surface area contributed by atoms with E-state index in [0.29, 0.717) is 18.8 Å². The Morgan fingerprint density at radius 1 is 0.800 bits per heavy atom. The van der Waals surface area contributed by atoms with Crippen molar-refractivity contribution in [2.45, 2.75) is 89.1 Å². The number of carbonyl (C=O) groups excluding carboxylic acids is 4. The average Bonchev–Trinajstić information content (AvgIpc) is 2.89. The molecule has 0 radical (unpaired) electrons. The minimum Gasteiger partial charge on any atom is -0.469 e. The fourth-order valence-corrected chi connectivity index (χ4v) is 4.68. The van der Waals surface area contributed by atoms with Gasteiger partial charge in [-0.05, 0) is 43.6 Å². The fraction of sp³-hybridized carbons (Fsp3) is 0.630. The number of amides is 2. The highest BCUT2D eigenvalue weighted by molar-refractivity contribution is 5.82. The van der Waals surface area contributed by atoms with Gasteiger partial charge in [-0.15, -0.1) is 0 Å². The van der Waals surface area contributed by atoms with Crippen molar-refractivity contribution in [2.75, 3.05) is 14.2 Å². The first-order valence-electron chi connectivity index (χ1n) is 12.7. The molecule has 1 aromatic rings. The molecule has 0 aromatic heterocycles. The molecule has 0 heterocycles. The number of benzene rings is 1. The fourth-order valence-electron chi connectivity index (χ4n) is 4.68. The molecule has 2 N–H and O–H groups in total. The van der Waals surface area contributed by atoms with Crippen LogP contribution in [0.3, 0.4) is 0 Å². The summed E-state index contributed by atoms with van der Waals surface area (Å²) in [5.74, 6) is -0.752. The van der Waals surface area contributed by atoms with Gasteiger partial charge in [0.15, 0.2) is 0 Å². The molecule has 194 valence electrons. The number of carbonyl (C=O) groups is 4. The number of ether oxygens (including phenoxy) is 2. The highest BCUT2D eigenvalue weighted by atomic mass is 16.5. The Labute approximate surface area is 208 Å². The lowest BCUT2D eigenvalue weighted by Crippen LogP contribution is -2.43. The minimum absolute atomic E-state index is 0.00862. The van der Waals surface area contributed by atoms with Crippen molar-refractivity contribution in [3.8, 4) is 0 Å². The van der Waals surface area contributed by atoms with Gasteiger partial charge in [0.1, 0.15) is 0 Å². The second kappa shape index (κ2) is 15.9. The molecule has 0 saturated heterocycles. The van der Waals surface area contributed by atoms with Gasteiger partial charge >= 0.3 is 11.9 Å². The van der Waals surface area contributed by atoms with Crippen LogP contribution in [0, 0.1) is 5.92 Å². The maximum absolute atomic E-state index is 12.6. The number of hydrogen-bond acceptors (Lipinski definition) is 6. The highest BCUT2D eigenvalue weighted by Crippen LogP contribution is 2.29. The maximum Gasteiger partial charge on any atom is 0.306 e. The first kappa shape index (κ1) is 28.3. The Balaban J connectivity index is 2.03. The summed E-state index contributed by atoms with van der Waals surface area (Å²) in [4.78, 5) is 48.0. The molecule has 1 aliphatic carbocycles. The summed E-state index contributed by atoms with van der Waals surface area (Å²) in [5.41, 5.74) is 1.11. The van der Waals surface area contributed by atoms with Gasteiger partial charge in [-0.25, -0.2) is 0 Å². The molecule has 8 nitrogen and oxygen atoms in total. The zero-order valence-electron chi connectivity index (χ0n) is 21.1. The molecule has 1 aromatic carbocycles. The maximum atomic E-state index is 12.6. The van der Waals surface area contributed by atoms with Crippen LogP contribution in [0.1, 0.15) is 76.2 Å². The molecular formula is C27H40N2O6. The Hall–Kier alpha value is -2.90. The molecule has 35 heavy (non-hydrogen) atoms. The predicted molar refractivity (Wildman–Crippen MR) is 132 cm³/mol. The topological polar surface area (TPSA) is 111 Å². The number of rotatable bonds is 14. The molecule has 1 aliphatic rings. The van der Waals surface area contributed by atoms with E-state index in [1.807, 2.05) is 30.3 Å². The second-order valence-corrected chi connectivity index (χ2v) is 9.26. The van der Waals surface area contributed by atoms with E-state index in [1.165, 1.54) is 20.6 Å². The van der Waals surface area contributed by atoms with Crippen LogP contribution in [-0.4, -0.2) is 50.1 Å². The van der Waals surface area contributed by atoms with Gasteiger partial charge in [0.2, 0.25) is 11.8 Å². The van der Waals surface area contributed by atoms with Gasteiger partial charge in [-0.2, -0.15) is 0 Å². The van der Waals surface area contributed by atoms with E-state index in [2.05, 4.69) is 20.1 Å². The van der Waals surface area contributed by atoms with Crippen molar-refractivity contribution in [3.05, 3.63) is 35.9 Å². The molecule has 2 unspecified atom stereocenters. The molecule has 8 heteroatoms. The lowest BCUT2D eigenvalue weighted by molar-refractivity contribution is -0.142. The Morgan fingerprint density at radius 3 is 1.94 bits per heavy atom. The van der Waals surface area contributed by atoms with E-state index in [4.69, 9.17) is 0 Å². The molecule has 2 amide bonds. The summed E-state index contributed by atoms with van der Waals surface area (Å²) in [6.45, 7) is 0. The summed E-state index contributed by atoms with van der Waals surface area (Å²) in [5, 5.41) is 6.25. The summed E-state index contributed by atoms with van der Waals surface area (Å²) in [6.07, 6.45) is 8.02. The van der Waals surface area contributed by atoms with E-state index >= 15 is 0 Å². The standard InChI is InChI=1S/C27H40N2O6/c1-34-26(32)17-15-24(30)28-22(19-20-9-5-3-6-10-20)13-14-23(21-11-7-4-8-12-21)29-25(31)16-18-27(33)35-2/h3,5-6,9-10,21-23H,4,7-8,11-19H2,1-2H3,(H,28,30)(H,29,31). The van der Waals surface area contributed by atoms with E-state index < -0.39 is 11.9 Å². The van der Waals surface area contributed by atoms with Crippen molar-refractivity contribution in [1.82, 2.24) is 10.6 Å². The Morgan fingerprint density at radius 2 is 1.37 bits per heavy atom. The normalized spacial score (nSPS) is 15.5. The summed E-state index contributed by atoms with van der Waals surface area (Å²) >= 11 is 0. The van der Waals surface area contributed by atoms with Gasteiger partial charge in [-0.3, -0.25) is 19.2 Å². The summed E-state index contributed by atoms with van der Waals surface area (Å²) in [7, 11) is 2.63. The summed E-state index contributed by atoms with van der Waals surface area (Å²) in [6, 6.07) is 9.82. The largest absolute Gasteiger partial charge is 0.469 e. The quantitative estimate of drug-likeness (QED) is 0.388. The van der Waals surface area contributed by atoms with E-state index in [9.17, 15) is 19.2 Å². The van der Waals surface area contributed by atoms with Gasteiger partial charge in [0.25, 0.3) is 0 Å². The minimum atomic E-state index is -0.410. The molecule has 0 aliphatic heterocycles. The van der Waals surface area contributed by atoms with Crippen LogP contribution in [0.25, 0.3) is 0 Å². The Kier molecular flexibility index (Phi) is 12.9. The molecule has 2 rings (SSSR count). The van der Waals surface area contributed by atoms with Crippen molar-refractivity contribution in [1.29, 1.82) is 0 Å². The zero-order chi connectivity index (χ0) is 25.5. The molecule has 0 spiro atoms. The predicted octanol–water partition coefficient (Wildman–Crippen LogP) is 3.47. The summed E-state index contributed by atoms with van der Waals surface area (Å²) < 4.78 is 9.29. The van der Waals surface area contributed by atoms with Crippen LogP contribution < -0.4 is 10.6 Å². The number of methoxy groups -OCH3 is 2. The molecule has 0 bridgehead atoms. The molecular weight excluding hydrogens is 448 g/mol. The first-order chi connectivity index (χ1) is 16.9. The van der Waals surface area contributed by atoms with Gasteiger partial charge in [-0.1, -0.05) is 49.6 Å². The van der Waals surface area contributed by atoms with Crippen molar-refractivity contribution < 1.29 is 28.7 Å². The van der Waals surface area contributed by atoms with Gasteiger partial charge < -0.3 is 20.1 Å². The number of nitrogens with one attached hydrogen (secondary N) is 2. The van der Waals surface area contributed by atoms with Gasteiger partial charge in [0, 0.05) is 24.9 Å². The highest BCUT2D eigenvalue weighted by Gasteiger charge is 2.26. The van der Waals surface area contributed by atoms with Crippen LogP contribution in [0.4, 0.5) is 0 Å². The van der Waals surface area contributed by atoms with Crippen LogP contribution in [0.2, 0.25) is 0 Å². The van der Waals surface area contributed by atoms with Crippen LogP contribution >= 0.6 is 0 Å². The van der Waals surface area contributed by atoms with Crippen LogP contribution in [0.15, 0.2) is 30.3 Å². The van der Waals surface area contributed by atoms with Crippen LogP contribution in [-0.2, 0) is 35.1 Å². The third kappa shape index (κ3) is 11.4. The van der Waals surface area contributed by atoms with Crippen molar-refractivity contribution >= 4 is 23.8 Å². The molecule has 1 saturated carbocycles. The zero-order valence-corrected chi connectivity index (χ0v) is 21.1. The molecule has 1 fully saturated rings. The first-order valence-corrected chi connectivity index (χ1v) is 12.7. The number of esters is 2. The Bertz CT molecular complexity index is 807. The third-order valence-corrected chi connectivity index (χ3v) is 6.65. The third-order valence-electron chi connectivity index (χ3n) is 6.65. The monoisotopic (exact) mass is 488 g/mol. The SMILES string of the molecule is COC(=O)CCC(=O)NC(CCC(NC(=O)CCC(=O)OC)C1CCCCC1)Cc1ccccc1. The van der Waals surface area contributed by atoms with E-state index in [0.717, 1.165) is 37.7 Å². The van der Waals surface area contributed by atoms with E-state index in [-0.39, 0.29) is 49.6 Å². The molecule has 2 atom stereocenters. The second-order valence-electron chi connectivity index (χ2n) is 9.26. The van der Waals surface area contributed by atoms with Gasteiger partial charge in [0.05, 0.1) is 27.1 Å².